The molecular weight excluding hydrogens is 374 g/mol. The molecule has 0 saturated carbocycles. The summed E-state index contributed by atoms with van der Waals surface area (Å²) >= 11 is 0. The Morgan fingerprint density at radius 2 is 1.66 bits per heavy atom. The lowest BCUT2D eigenvalue weighted by molar-refractivity contribution is 0.102. The Morgan fingerprint density at radius 1 is 1.00 bits per heavy atom. The summed E-state index contributed by atoms with van der Waals surface area (Å²) in [6.45, 7) is 5.97. The van der Waals surface area contributed by atoms with Gasteiger partial charge in [-0.05, 0) is 62.4 Å². The van der Waals surface area contributed by atoms with Crippen molar-refractivity contribution in [3.05, 3.63) is 78.0 Å². The number of rotatable bonds is 7. The molecule has 0 spiro atoms. The number of nitrogens with zero attached hydrogens (tertiary/aromatic N) is 2. The summed E-state index contributed by atoms with van der Waals surface area (Å²) in [6, 6.07) is 14.1. The normalized spacial score (nSPS) is 10.5. The molecule has 2 N–H and O–H groups in total. The van der Waals surface area contributed by atoms with Crippen molar-refractivity contribution >= 4 is 28.8 Å². The smallest absolute Gasteiger partial charge is 0.255 e. The van der Waals surface area contributed by atoms with Crippen LogP contribution in [-0.4, -0.2) is 24.0 Å². The van der Waals surface area contributed by atoms with Crippen molar-refractivity contribution in [1.82, 2.24) is 4.98 Å². The molecule has 3 aromatic rings. The molecule has 0 aliphatic rings. The summed E-state index contributed by atoms with van der Waals surface area (Å²) in [5, 5.41) is 5.40. The Hall–Kier alpha value is -3.48. The maximum atomic E-state index is 13.8. The lowest BCUT2D eigenvalue weighted by atomic mass is 10.2. The molecule has 0 atom stereocenters. The molecule has 0 aliphatic heterocycles. The molecule has 0 bridgehead atoms. The van der Waals surface area contributed by atoms with E-state index in [0.29, 0.717) is 11.3 Å². The van der Waals surface area contributed by atoms with Crippen molar-refractivity contribution in [2.45, 2.75) is 13.8 Å². The minimum absolute atomic E-state index is 0.165. The van der Waals surface area contributed by atoms with Gasteiger partial charge in [0.25, 0.3) is 5.91 Å². The fraction of sp³-hybridized carbons (Fsp3) is 0.182. The third-order valence-electron chi connectivity index (χ3n) is 4.49. The summed E-state index contributed by atoms with van der Waals surface area (Å²) in [5.41, 5.74) is 1.73. The third-order valence-corrected chi connectivity index (χ3v) is 4.49. The van der Waals surface area contributed by atoms with Crippen LogP contribution in [0.5, 0.6) is 0 Å². The first kappa shape index (κ1) is 20.3. The topological polar surface area (TPSA) is 57.3 Å². The Bertz CT molecular complexity index is 968. The number of anilines is 4. The lowest BCUT2D eigenvalue weighted by Crippen LogP contribution is -2.21. The van der Waals surface area contributed by atoms with Crippen molar-refractivity contribution in [2.24, 2.45) is 0 Å². The number of benzene rings is 2. The number of aromatic nitrogens is 1. The number of nitrogens with one attached hydrogen (secondary N) is 2. The molecule has 5 nitrogen and oxygen atoms in total. The number of halogens is 2. The van der Waals surface area contributed by atoms with Gasteiger partial charge in [-0.15, -0.1) is 0 Å². The van der Waals surface area contributed by atoms with Crippen molar-refractivity contribution < 1.29 is 13.6 Å². The fourth-order valence-corrected chi connectivity index (χ4v) is 2.93. The SMILES string of the molecule is CCN(CC)c1ccc(NC(=O)c2ccnc(Nc3c(F)cccc3F)c2)cc1. The number of amides is 1. The molecule has 29 heavy (non-hydrogen) atoms. The van der Waals surface area contributed by atoms with Crippen LogP contribution < -0.4 is 15.5 Å². The zero-order valence-electron chi connectivity index (χ0n) is 16.2. The zero-order chi connectivity index (χ0) is 20.8. The van der Waals surface area contributed by atoms with Crippen LogP contribution in [-0.2, 0) is 0 Å². The quantitative estimate of drug-likeness (QED) is 0.576. The predicted octanol–water partition coefficient (Wildman–Crippen LogP) is 5.20. The first-order valence-corrected chi connectivity index (χ1v) is 9.35. The van der Waals surface area contributed by atoms with E-state index in [4.69, 9.17) is 0 Å². The lowest BCUT2D eigenvalue weighted by Gasteiger charge is -2.21. The van der Waals surface area contributed by atoms with Crippen LogP contribution in [0, 0.1) is 11.6 Å². The van der Waals surface area contributed by atoms with E-state index in [2.05, 4.69) is 34.4 Å². The first-order chi connectivity index (χ1) is 14.0. The van der Waals surface area contributed by atoms with Gasteiger partial charge in [0.15, 0.2) is 0 Å². The Kier molecular flexibility index (Phi) is 6.39. The molecule has 0 fully saturated rings. The highest BCUT2D eigenvalue weighted by Crippen LogP contribution is 2.23. The van der Waals surface area contributed by atoms with Crippen LogP contribution in [0.1, 0.15) is 24.2 Å². The molecule has 0 saturated heterocycles. The summed E-state index contributed by atoms with van der Waals surface area (Å²) in [5.74, 6) is -1.66. The maximum absolute atomic E-state index is 13.8. The van der Waals surface area contributed by atoms with E-state index in [0.717, 1.165) is 30.9 Å². The van der Waals surface area contributed by atoms with Gasteiger partial charge in [-0.2, -0.15) is 0 Å². The number of para-hydroxylation sites is 1. The minimum atomic E-state index is -0.741. The highest BCUT2D eigenvalue weighted by Gasteiger charge is 2.12. The van der Waals surface area contributed by atoms with Gasteiger partial charge < -0.3 is 15.5 Å². The Labute approximate surface area is 168 Å². The molecule has 0 radical (unpaired) electrons. The van der Waals surface area contributed by atoms with Gasteiger partial charge in [0.2, 0.25) is 0 Å². The van der Waals surface area contributed by atoms with E-state index in [1.807, 2.05) is 24.3 Å². The molecule has 1 amide bonds. The molecule has 1 aromatic heterocycles. The second kappa shape index (κ2) is 9.14. The monoisotopic (exact) mass is 396 g/mol. The van der Waals surface area contributed by atoms with Gasteiger partial charge in [-0.25, -0.2) is 13.8 Å². The first-order valence-electron chi connectivity index (χ1n) is 9.35. The molecule has 0 aliphatic carbocycles. The van der Waals surface area contributed by atoms with E-state index in [-0.39, 0.29) is 17.4 Å². The van der Waals surface area contributed by atoms with Crippen molar-refractivity contribution in [3.8, 4) is 0 Å². The van der Waals surface area contributed by atoms with Crippen LogP contribution in [0.3, 0.4) is 0 Å². The summed E-state index contributed by atoms with van der Waals surface area (Å²) < 4.78 is 27.6. The largest absolute Gasteiger partial charge is 0.372 e. The van der Waals surface area contributed by atoms with E-state index in [9.17, 15) is 13.6 Å². The van der Waals surface area contributed by atoms with Gasteiger partial charge in [0.1, 0.15) is 23.1 Å². The number of carbonyl (C=O) groups is 1. The summed E-state index contributed by atoms with van der Waals surface area (Å²) in [7, 11) is 0. The average Bonchev–Trinajstić information content (AvgIpc) is 2.73. The Balaban J connectivity index is 1.73. The number of hydrogen-bond donors (Lipinski definition) is 2. The van der Waals surface area contributed by atoms with Crippen LogP contribution in [0.25, 0.3) is 0 Å². The van der Waals surface area contributed by atoms with Crippen LogP contribution >= 0.6 is 0 Å². The van der Waals surface area contributed by atoms with Gasteiger partial charge in [-0.3, -0.25) is 4.79 Å². The molecule has 150 valence electrons. The van der Waals surface area contributed by atoms with Crippen LogP contribution in [0.15, 0.2) is 60.8 Å². The summed E-state index contributed by atoms with van der Waals surface area (Å²) in [6.07, 6.45) is 1.40. The molecule has 1 heterocycles. The van der Waals surface area contributed by atoms with E-state index < -0.39 is 11.6 Å². The predicted molar refractivity (Wildman–Crippen MR) is 112 cm³/mol. The average molecular weight is 396 g/mol. The maximum Gasteiger partial charge on any atom is 0.255 e. The number of carbonyl (C=O) groups excluding carboxylic acids is 1. The second-order valence-corrected chi connectivity index (χ2v) is 6.32. The molecule has 2 aromatic carbocycles. The number of pyridine rings is 1. The minimum Gasteiger partial charge on any atom is -0.372 e. The molecule has 0 unspecified atom stereocenters. The van der Waals surface area contributed by atoms with Gasteiger partial charge in [-0.1, -0.05) is 6.07 Å². The van der Waals surface area contributed by atoms with E-state index in [1.54, 1.807) is 0 Å². The van der Waals surface area contributed by atoms with E-state index in [1.165, 1.54) is 24.4 Å². The fourth-order valence-electron chi connectivity index (χ4n) is 2.93. The molecular formula is C22H22F2N4O. The van der Waals surface area contributed by atoms with Gasteiger partial charge >= 0.3 is 0 Å². The van der Waals surface area contributed by atoms with Crippen LogP contribution in [0.4, 0.5) is 31.7 Å². The molecule has 7 heteroatoms. The number of hydrogen-bond acceptors (Lipinski definition) is 4. The van der Waals surface area contributed by atoms with Crippen LogP contribution in [0.2, 0.25) is 0 Å². The second-order valence-electron chi connectivity index (χ2n) is 6.32. The Morgan fingerprint density at radius 3 is 2.28 bits per heavy atom. The van der Waals surface area contributed by atoms with Gasteiger partial charge in [0, 0.05) is 36.2 Å². The van der Waals surface area contributed by atoms with Crippen molar-refractivity contribution in [3.63, 3.8) is 0 Å². The van der Waals surface area contributed by atoms with Gasteiger partial charge in [0.05, 0.1) is 0 Å². The molecule has 3 rings (SSSR count). The highest BCUT2D eigenvalue weighted by atomic mass is 19.1. The zero-order valence-corrected chi connectivity index (χ0v) is 16.2. The van der Waals surface area contributed by atoms with E-state index >= 15 is 0 Å². The van der Waals surface area contributed by atoms with Crippen molar-refractivity contribution in [2.75, 3.05) is 28.6 Å². The summed E-state index contributed by atoms with van der Waals surface area (Å²) in [4.78, 5) is 18.8. The van der Waals surface area contributed by atoms with Crippen molar-refractivity contribution in [1.29, 1.82) is 0 Å². The third kappa shape index (κ3) is 4.87. The standard InChI is InChI=1S/C22H22F2N4O/c1-3-28(4-2)17-10-8-16(9-11-17)26-22(29)15-12-13-25-20(14-15)27-21-18(23)6-5-7-19(21)24/h5-14H,3-4H2,1-2H3,(H,25,27)(H,26,29). The highest BCUT2D eigenvalue weighted by molar-refractivity contribution is 6.04.